The van der Waals surface area contributed by atoms with Crippen LogP contribution in [0.1, 0.15) is 65.2 Å². The number of hydrogen-bond acceptors (Lipinski definition) is 1. The maximum absolute atomic E-state index is 12.6. The van der Waals surface area contributed by atoms with Gasteiger partial charge in [-0.1, -0.05) is 70.4 Å². The lowest BCUT2D eigenvalue weighted by molar-refractivity contribution is -0.111. The van der Waals surface area contributed by atoms with E-state index in [0.717, 1.165) is 31.3 Å². The fourth-order valence-corrected chi connectivity index (χ4v) is 5.05. The first kappa shape index (κ1) is 17.4. The summed E-state index contributed by atoms with van der Waals surface area (Å²) in [5.74, 6) is 0.384. The second-order valence-electron chi connectivity index (χ2n) is 7.01. The maximum Gasteiger partial charge on any atom is 0.184 e. The van der Waals surface area contributed by atoms with Crippen molar-refractivity contribution in [2.45, 2.75) is 84.9 Å². The summed E-state index contributed by atoms with van der Waals surface area (Å²) in [6, 6.07) is 0. The molecule has 0 aromatic carbocycles. The minimum absolute atomic E-state index is 0.384. The molecule has 0 aliphatic heterocycles. The highest BCUT2D eigenvalue weighted by Crippen LogP contribution is 2.34. The molecule has 0 saturated heterocycles. The largest absolute Gasteiger partial charge is 0.289 e. The van der Waals surface area contributed by atoms with Crippen LogP contribution in [0.4, 0.5) is 0 Å². The Kier molecular flexibility index (Phi) is 6.94. The molecule has 0 N–H and O–H groups in total. The summed E-state index contributed by atoms with van der Waals surface area (Å²) in [7, 11) is -1.37. The Morgan fingerprint density at radius 3 is 2.30 bits per heavy atom. The molecule has 20 heavy (non-hydrogen) atoms. The number of hydrogen-bond donors (Lipinski definition) is 0. The van der Waals surface area contributed by atoms with Crippen molar-refractivity contribution < 1.29 is 4.79 Å². The average Bonchev–Trinajstić information content (AvgIpc) is 2.71. The van der Waals surface area contributed by atoms with Crippen LogP contribution < -0.4 is 0 Å². The van der Waals surface area contributed by atoms with Gasteiger partial charge in [-0.3, -0.25) is 4.79 Å². The number of unbranched alkanes of at least 4 members (excludes halogenated alkanes) is 3. The Bertz CT molecular complexity index is 396. The maximum atomic E-state index is 12.6. The topological polar surface area (TPSA) is 17.1 Å². The molecule has 0 aromatic heterocycles. The predicted octanol–water partition coefficient (Wildman–Crippen LogP) is 5.83. The third-order valence-corrected chi connectivity index (χ3v) is 6.57. The van der Waals surface area contributed by atoms with Crippen LogP contribution in [-0.4, -0.2) is 13.9 Å². The number of carbonyl (C=O) groups is 1. The molecule has 1 rings (SSSR count). The Morgan fingerprint density at radius 2 is 1.75 bits per heavy atom. The van der Waals surface area contributed by atoms with Crippen LogP contribution in [0.15, 0.2) is 22.4 Å². The molecule has 1 aliphatic carbocycles. The zero-order valence-electron chi connectivity index (χ0n) is 14.1. The van der Waals surface area contributed by atoms with Gasteiger partial charge in [-0.15, -0.1) is 0 Å². The molecule has 2 heteroatoms. The van der Waals surface area contributed by atoms with E-state index in [-0.39, 0.29) is 0 Å². The normalized spacial score (nSPS) is 20.9. The third kappa shape index (κ3) is 4.73. The van der Waals surface area contributed by atoms with Crippen molar-refractivity contribution in [1.29, 1.82) is 0 Å². The molecule has 1 saturated carbocycles. The van der Waals surface area contributed by atoms with Crippen molar-refractivity contribution in [2.75, 3.05) is 0 Å². The van der Waals surface area contributed by atoms with Crippen LogP contribution in [-0.2, 0) is 4.79 Å². The Balaban J connectivity index is 2.94. The molecular weight excluding hydrogens is 260 g/mol. The van der Waals surface area contributed by atoms with Gasteiger partial charge in [0.15, 0.2) is 5.78 Å². The first-order valence-corrected chi connectivity index (χ1v) is 11.9. The zero-order valence-corrected chi connectivity index (χ0v) is 15.1. The number of rotatable bonds is 7. The van der Waals surface area contributed by atoms with Gasteiger partial charge < -0.3 is 0 Å². The predicted molar refractivity (Wildman–Crippen MR) is 91.7 cm³/mol. The lowest BCUT2D eigenvalue weighted by Crippen LogP contribution is -2.26. The molecular formula is C18H32OSi. The number of carbonyl (C=O) groups excluding carboxylic acids is 1. The highest BCUT2D eigenvalue weighted by molar-refractivity contribution is 6.83. The molecule has 114 valence electrons. The van der Waals surface area contributed by atoms with E-state index in [0.29, 0.717) is 5.78 Å². The van der Waals surface area contributed by atoms with Crippen LogP contribution in [0.25, 0.3) is 0 Å². The standard InChI is InChI=1S/C18H32OSi/c1-6-8-10-11-15-13-14-16(18(15)19)17(12-9-7-2)20(3,4)5/h11H,6-10,12-14H2,1-5H3/b15-11-,17-16-. The first-order chi connectivity index (χ1) is 9.41. The van der Waals surface area contributed by atoms with Crippen molar-refractivity contribution in [2.24, 2.45) is 0 Å². The molecule has 0 atom stereocenters. The van der Waals surface area contributed by atoms with Gasteiger partial charge in [0, 0.05) is 0 Å². The lowest BCUT2D eigenvalue weighted by Gasteiger charge is -2.23. The Morgan fingerprint density at radius 1 is 1.10 bits per heavy atom. The van der Waals surface area contributed by atoms with Crippen LogP contribution >= 0.6 is 0 Å². The number of Topliss-reactive ketones (excluding diaryl/α,β-unsaturated/α-hetero) is 1. The van der Waals surface area contributed by atoms with E-state index < -0.39 is 8.07 Å². The number of ketones is 1. The second kappa shape index (κ2) is 7.97. The van der Waals surface area contributed by atoms with Gasteiger partial charge in [-0.25, -0.2) is 0 Å². The molecule has 1 aliphatic rings. The van der Waals surface area contributed by atoms with Gasteiger partial charge >= 0.3 is 0 Å². The minimum atomic E-state index is -1.37. The molecule has 0 unspecified atom stereocenters. The van der Waals surface area contributed by atoms with Crippen LogP contribution in [0.5, 0.6) is 0 Å². The van der Waals surface area contributed by atoms with Gasteiger partial charge in [0.2, 0.25) is 0 Å². The van der Waals surface area contributed by atoms with Gasteiger partial charge in [0.05, 0.1) is 8.07 Å². The lowest BCUT2D eigenvalue weighted by atomic mass is 10.1. The van der Waals surface area contributed by atoms with Crippen LogP contribution in [0.2, 0.25) is 19.6 Å². The van der Waals surface area contributed by atoms with Crippen molar-refractivity contribution >= 4 is 13.9 Å². The van der Waals surface area contributed by atoms with Gasteiger partial charge in [0.25, 0.3) is 0 Å². The number of allylic oxidation sites excluding steroid dienone is 4. The molecule has 0 amide bonds. The zero-order chi connectivity index (χ0) is 15.2. The molecule has 0 heterocycles. The summed E-state index contributed by atoms with van der Waals surface area (Å²) in [6.07, 6.45) is 11.3. The van der Waals surface area contributed by atoms with Gasteiger partial charge in [-0.05, 0) is 36.8 Å². The molecule has 1 fully saturated rings. The molecule has 0 aromatic rings. The van der Waals surface area contributed by atoms with E-state index >= 15 is 0 Å². The average molecular weight is 293 g/mol. The summed E-state index contributed by atoms with van der Waals surface area (Å²) in [6.45, 7) is 11.6. The van der Waals surface area contributed by atoms with Gasteiger partial charge in [-0.2, -0.15) is 0 Å². The Labute approximate surface area is 126 Å². The molecule has 1 nitrogen and oxygen atoms in total. The minimum Gasteiger partial charge on any atom is -0.289 e. The fourth-order valence-electron chi connectivity index (χ4n) is 2.98. The SMILES string of the molecule is CCCC/C=C1/CC/C(=C(\CCCC)[Si](C)(C)C)C1=O. The van der Waals surface area contributed by atoms with Crippen molar-refractivity contribution in [1.82, 2.24) is 0 Å². The quantitative estimate of drug-likeness (QED) is 0.328. The summed E-state index contributed by atoms with van der Waals surface area (Å²) >= 11 is 0. The molecule has 0 bridgehead atoms. The van der Waals surface area contributed by atoms with E-state index in [1.807, 2.05) is 0 Å². The highest BCUT2D eigenvalue weighted by atomic mass is 28.3. The van der Waals surface area contributed by atoms with E-state index in [1.54, 1.807) is 5.20 Å². The fraction of sp³-hybridized carbons (Fsp3) is 0.722. The van der Waals surface area contributed by atoms with Crippen LogP contribution in [0.3, 0.4) is 0 Å². The van der Waals surface area contributed by atoms with Crippen LogP contribution in [0, 0.1) is 0 Å². The summed E-state index contributed by atoms with van der Waals surface area (Å²) in [5, 5.41) is 1.54. The summed E-state index contributed by atoms with van der Waals surface area (Å²) in [5.41, 5.74) is 2.29. The first-order valence-electron chi connectivity index (χ1n) is 8.38. The summed E-state index contributed by atoms with van der Waals surface area (Å²) < 4.78 is 0. The molecule has 0 radical (unpaired) electrons. The van der Waals surface area contributed by atoms with E-state index in [2.05, 4.69) is 39.6 Å². The second-order valence-corrected chi connectivity index (χ2v) is 12.1. The van der Waals surface area contributed by atoms with Crippen molar-refractivity contribution in [3.8, 4) is 0 Å². The van der Waals surface area contributed by atoms with Gasteiger partial charge in [0.1, 0.15) is 0 Å². The smallest absolute Gasteiger partial charge is 0.184 e. The Hall–Kier alpha value is -0.633. The van der Waals surface area contributed by atoms with Crippen molar-refractivity contribution in [3.63, 3.8) is 0 Å². The van der Waals surface area contributed by atoms with E-state index in [4.69, 9.17) is 0 Å². The van der Waals surface area contributed by atoms with E-state index in [1.165, 1.54) is 31.3 Å². The summed E-state index contributed by atoms with van der Waals surface area (Å²) in [4.78, 5) is 12.6. The van der Waals surface area contributed by atoms with Crippen molar-refractivity contribution in [3.05, 3.63) is 22.4 Å². The molecule has 0 spiro atoms. The monoisotopic (exact) mass is 292 g/mol. The highest BCUT2D eigenvalue weighted by Gasteiger charge is 2.30. The van der Waals surface area contributed by atoms with E-state index in [9.17, 15) is 4.79 Å². The third-order valence-electron chi connectivity index (χ3n) is 4.21.